The maximum absolute atomic E-state index is 4.18. The van der Waals surface area contributed by atoms with Gasteiger partial charge in [0.05, 0.1) is 18.6 Å². The van der Waals surface area contributed by atoms with Gasteiger partial charge in [0.2, 0.25) is 0 Å². The van der Waals surface area contributed by atoms with Crippen molar-refractivity contribution in [1.82, 2.24) is 9.55 Å². The quantitative estimate of drug-likeness (QED) is 0.895. The summed E-state index contributed by atoms with van der Waals surface area (Å²) in [6.07, 6.45) is 3.79. The number of hydrogen-bond donors (Lipinski definition) is 1. The lowest BCUT2D eigenvalue weighted by molar-refractivity contribution is 0.719. The Morgan fingerprint density at radius 3 is 2.79 bits per heavy atom. The molecule has 2 rings (SSSR count). The molecule has 4 heteroatoms. The van der Waals surface area contributed by atoms with Crippen molar-refractivity contribution in [3.8, 4) is 0 Å². The van der Waals surface area contributed by atoms with Crippen molar-refractivity contribution < 1.29 is 0 Å². The fraction of sp³-hybridized carbons (Fsp3) is 0.400. The molecule has 102 valence electrons. The minimum Gasteiger partial charge on any atom is -0.379 e. The van der Waals surface area contributed by atoms with Gasteiger partial charge in [-0.2, -0.15) is 0 Å². The summed E-state index contributed by atoms with van der Waals surface area (Å²) in [6, 6.07) is 6.45. The van der Waals surface area contributed by atoms with Crippen LogP contribution in [0.5, 0.6) is 0 Å². The Morgan fingerprint density at radius 2 is 2.11 bits per heavy atom. The molecule has 0 radical (unpaired) electrons. The van der Waals surface area contributed by atoms with E-state index in [-0.39, 0.29) is 0 Å². The lowest BCUT2D eigenvalue weighted by atomic mass is 10.1. The molecule has 0 unspecified atom stereocenters. The van der Waals surface area contributed by atoms with E-state index >= 15 is 0 Å². The van der Waals surface area contributed by atoms with Gasteiger partial charge in [-0.05, 0) is 31.5 Å². The van der Waals surface area contributed by atoms with Gasteiger partial charge >= 0.3 is 0 Å². The third-order valence-corrected chi connectivity index (χ3v) is 3.30. The average Bonchev–Trinajstić information content (AvgIpc) is 2.84. The second kappa shape index (κ2) is 5.78. The maximum Gasteiger partial charge on any atom is 0.0948 e. The molecular formula is C15H22N4. The fourth-order valence-electron chi connectivity index (χ4n) is 2.17. The summed E-state index contributed by atoms with van der Waals surface area (Å²) in [5.74, 6) is 0. The van der Waals surface area contributed by atoms with E-state index in [4.69, 9.17) is 0 Å². The zero-order valence-corrected chi connectivity index (χ0v) is 12.1. The van der Waals surface area contributed by atoms with Gasteiger partial charge in [0, 0.05) is 38.2 Å². The van der Waals surface area contributed by atoms with E-state index in [1.165, 1.54) is 16.9 Å². The van der Waals surface area contributed by atoms with E-state index in [1.807, 2.05) is 12.5 Å². The van der Waals surface area contributed by atoms with E-state index in [1.54, 1.807) is 0 Å². The molecule has 0 bridgehead atoms. The van der Waals surface area contributed by atoms with Crippen molar-refractivity contribution in [2.75, 3.05) is 24.3 Å². The molecule has 1 heterocycles. The summed E-state index contributed by atoms with van der Waals surface area (Å²) in [7, 11) is 4.14. The number of rotatable bonds is 5. The van der Waals surface area contributed by atoms with Gasteiger partial charge in [-0.25, -0.2) is 4.98 Å². The Kier molecular flexibility index (Phi) is 4.10. The highest BCUT2D eigenvalue weighted by Crippen LogP contribution is 2.22. The van der Waals surface area contributed by atoms with E-state index in [2.05, 4.69) is 65.9 Å². The van der Waals surface area contributed by atoms with Crippen LogP contribution in [0.1, 0.15) is 18.2 Å². The van der Waals surface area contributed by atoms with Gasteiger partial charge < -0.3 is 14.8 Å². The highest BCUT2D eigenvalue weighted by molar-refractivity contribution is 5.61. The molecule has 4 nitrogen and oxygen atoms in total. The number of aryl methyl sites for hydroxylation is 2. The number of benzene rings is 1. The first-order valence-electron chi connectivity index (χ1n) is 6.62. The van der Waals surface area contributed by atoms with Crippen LogP contribution in [0.4, 0.5) is 11.4 Å². The van der Waals surface area contributed by atoms with Crippen LogP contribution in [0.25, 0.3) is 0 Å². The summed E-state index contributed by atoms with van der Waals surface area (Å²) in [6.45, 7) is 6.00. The normalized spacial score (nSPS) is 10.5. The number of hydrogen-bond acceptors (Lipinski definition) is 3. The van der Waals surface area contributed by atoms with Crippen molar-refractivity contribution in [1.29, 1.82) is 0 Å². The molecule has 19 heavy (non-hydrogen) atoms. The molecule has 0 aliphatic heterocycles. The molecule has 0 aliphatic carbocycles. The predicted molar refractivity (Wildman–Crippen MR) is 80.7 cm³/mol. The number of imidazole rings is 1. The van der Waals surface area contributed by atoms with Crippen LogP contribution in [0.3, 0.4) is 0 Å². The number of anilines is 2. The Hall–Kier alpha value is -1.97. The van der Waals surface area contributed by atoms with Crippen molar-refractivity contribution in [3.63, 3.8) is 0 Å². The Labute approximate surface area is 115 Å². The minimum atomic E-state index is 0.795. The van der Waals surface area contributed by atoms with Gasteiger partial charge in [0.15, 0.2) is 0 Å². The number of nitrogens with one attached hydrogen (secondary N) is 1. The minimum absolute atomic E-state index is 0.795. The lowest BCUT2D eigenvalue weighted by Gasteiger charge is -2.17. The fourth-order valence-corrected chi connectivity index (χ4v) is 2.17. The average molecular weight is 258 g/mol. The standard InChI is InChI=1S/C15H22N4/c1-5-19-11-16-9-14(19)10-17-13-7-6-12(2)15(8-13)18(3)4/h6-9,11,17H,5,10H2,1-4H3. The van der Waals surface area contributed by atoms with E-state index in [0.29, 0.717) is 0 Å². The van der Waals surface area contributed by atoms with Gasteiger partial charge in [-0.3, -0.25) is 0 Å². The van der Waals surface area contributed by atoms with Crippen LogP contribution in [0.2, 0.25) is 0 Å². The molecule has 2 aromatic rings. The molecule has 0 saturated carbocycles. The van der Waals surface area contributed by atoms with Crippen molar-refractivity contribution in [3.05, 3.63) is 42.0 Å². The molecule has 0 spiro atoms. The smallest absolute Gasteiger partial charge is 0.0948 e. The summed E-state index contributed by atoms with van der Waals surface area (Å²) in [5, 5.41) is 3.46. The highest BCUT2D eigenvalue weighted by Gasteiger charge is 2.04. The Morgan fingerprint density at radius 1 is 1.32 bits per heavy atom. The molecular weight excluding hydrogens is 236 g/mol. The Balaban J connectivity index is 2.10. The summed E-state index contributed by atoms with van der Waals surface area (Å²) < 4.78 is 2.15. The molecule has 0 saturated heterocycles. The highest BCUT2D eigenvalue weighted by atomic mass is 15.1. The van der Waals surface area contributed by atoms with Gasteiger partial charge in [-0.1, -0.05) is 6.07 Å². The van der Waals surface area contributed by atoms with Gasteiger partial charge in [-0.15, -0.1) is 0 Å². The van der Waals surface area contributed by atoms with Crippen molar-refractivity contribution in [2.24, 2.45) is 0 Å². The zero-order chi connectivity index (χ0) is 13.8. The van der Waals surface area contributed by atoms with E-state index in [9.17, 15) is 0 Å². The largest absolute Gasteiger partial charge is 0.379 e. The van der Waals surface area contributed by atoms with Gasteiger partial charge in [0.1, 0.15) is 0 Å². The molecule has 1 aromatic carbocycles. The molecule has 0 fully saturated rings. The number of nitrogens with zero attached hydrogens (tertiary/aromatic N) is 3. The van der Waals surface area contributed by atoms with Gasteiger partial charge in [0.25, 0.3) is 0 Å². The SMILES string of the molecule is CCn1cncc1CNc1ccc(C)c(N(C)C)c1. The third kappa shape index (κ3) is 3.08. The first kappa shape index (κ1) is 13.5. The van der Waals surface area contributed by atoms with E-state index < -0.39 is 0 Å². The topological polar surface area (TPSA) is 33.1 Å². The summed E-state index contributed by atoms with van der Waals surface area (Å²) >= 11 is 0. The van der Waals surface area contributed by atoms with Crippen LogP contribution < -0.4 is 10.2 Å². The van der Waals surface area contributed by atoms with E-state index in [0.717, 1.165) is 18.8 Å². The molecule has 1 aromatic heterocycles. The molecule has 1 N–H and O–H groups in total. The summed E-state index contributed by atoms with van der Waals surface area (Å²) in [5.41, 5.74) is 4.87. The number of aromatic nitrogens is 2. The van der Waals surface area contributed by atoms with Crippen molar-refractivity contribution >= 4 is 11.4 Å². The van der Waals surface area contributed by atoms with Crippen LogP contribution in [0, 0.1) is 6.92 Å². The van der Waals surface area contributed by atoms with Crippen molar-refractivity contribution in [2.45, 2.75) is 26.9 Å². The predicted octanol–water partition coefficient (Wildman–Crippen LogP) is 2.89. The van der Waals surface area contributed by atoms with Crippen LogP contribution in [0.15, 0.2) is 30.7 Å². The second-order valence-electron chi connectivity index (χ2n) is 4.92. The monoisotopic (exact) mass is 258 g/mol. The van der Waals surface area contributed by atoms with Crippen LogP contribution >= 0.6 is 0 Å². The zero-order valence-electron chi connectivity index (χ0n) is 12.1. The second-order valence-corrected chi connectivity index (χ2v) is 4.92. The van der Waals surface area contributed by atoms with Crippen LogP contribution in [-0.2, 0) is 13.1 Å². The third-order valence-electron chi connectivity index (χ3n) is 3.30. The van der Waals surface area contributed by atoms with Crippen LogP contribution in [-0.4, -0.2) is 23.6 Å². The first-order chi connectivity index (χ1) is 9.11. The molecule has 0 amide bonds. The summed E-state index contributed by atoms with van der Waals surface area (Å²) in [4.78, 5) is 6.32. The Bertz CT molecular complexity index is 543. The maximum atomic E-state index is 4.18. The lowest BCUT2D eigenvalue weighted by Crippen LogP contribution is -2.11. The first-order valence-corrected chi connectivity index (χ1v) is 6.62. The molecule has 0 atom stereocenters. The molecule has 0 aliphatic rings.